The smallest absolute Gasteiger partial charge is 0.218 e. The van der Waals surface area contributed by atoms with E-state index in [1.54, 1.807) is 6.33 Å². The Morgan fingerprint density at radius 2 is 2.25 bits per heavy atom. The van der Waals surface area contributed by atoms with Crippen LogP contribution in [0.2, 0.25) is 0 Å². The number of rotatable bonds is 4. The first kappa shape index (κ1) is 11.5. The van der Waals surface area contributed by atoms with Crippen LogP contribution in [0.25, 0.3) is 0 Å². The first-order valence-electron chi connectivity index (χ1n) is 5.67. The van der Waals surface area contributed by atoms with E-state index in [-0.39, 0.29) is 0 Å². The molecule has 0 bridgehead atoms. The van der Waals surface area contributed by atoms with Crippen molar-refractivity contribution < 1.29 is 4.74 Å². The third-order valence-corrected chi connectivity index (χ3v) is 3.56. The van der Waals surface area contributed by atoms with Crippen LogP contribution in [0.15, 0.2) is 12.4 Å². The number of thioether (sulfide) groups is 1. The van der Waals surface area contributed by atoms with Gasteiger partial charge in [0.1, 0.15) is 12.1 Å². The third kappa shape index (κ3) is 3.27. The summed E-state index contributed by atoms with van der Waals surface area (Å²) in [5.41, 5.74) is 0. The van der Waals surface area contributed by atoms with Gasteiger partial charge in [-0.05, 0) is 31.3 Å². The number of nitrogens with one attached hydrogen (secondary N) is 1. The summed E-state index contributed by atoms with van der Waals surface area (Å²) in [5.74, 6) is 3.99. The number of nitrogens with zero attached hydrogens (tertiary/aromatic N) is 2. The van der Waals surface area contributed by atoms with E-state index in [1.165, 1.54) is 24.3 Å². The van der Waals surface area contributed by atoms with Crippen molar-refractivity contribution in [2.75, 3.05) is 23.4 Å². The zero-order valence-electron chi connectivity index (χ0n) is 9.48. The minimum atomic E-state index is 0.547. The molecule has 0 atom stereocenters. The Hall–Kier alpha value is -0.970. The van der Waals surface area contributed by atoms with Gasteiger partial charge >= 0.3 is 0 Å². The number of aromatic nitrogens is 2. The second kappa shape index (κ2) is 5.94. The second-order valence-corrected chi connectivity index (χ2v) is 4.93. The molecule has 4 nitrogen and oxygen atoms in total. The van der Waals surface area contributed by atoms with Gasteiger partial charge in [-0.15, -0.1) is 0 Å². The van der Waals surface area contributed by atoms with Gasteiger partial charge in [0, 0.05) is 12.1 Å². The van der Waals surface area contributed by atoms with Crippen LogP contribution in [-0.2, 0) is 0 Å². The molecule has 1 aliphatic heterocycles. The number of anilines is 1. The quantitative estimate of drug-likeness (QED) is 0.872. The van der Waals surface area contributed by atoms with Gasteiger partial charge in [0.25, 0.3) is 0 Å². The molecule has 1 aromatic rings. The SMILES string of the molecule is CCOc1cc(NC2CCSCC2)ncn1. The highest BCUT2D eigenvalue weighted by Crippen LogP contribution is 2.21. The predicted molar refractivity (Wildman–Crippen MR) is 67.2 cm³/mol. The molecule has 1 saturated heterocycles. The summed E-state index contributed by atoms with van der Waals surface area (Å²) in [5, 5.41) is 3.44. The van der Waals surface area contributed by atoms with Crippen LogP contribution in [0, 0.1) is 0 Å². The molecule has 0 amide bonds. The Balaban J connectivity index is 1.94. The summed E-state index contributed by atoms with van der Waals surface area (Å²) < 4.78 is 5.34. The molecule has 0 aromatic carbocycles. The molecule has 1 aliphatic rings. The maximum absolute atomic E-state index is 5.34. The number of hydrogen-bond acceptors (Lipinski definition) is 5. The third-order valence-electron chi connectivity index (χ3n) is 2.51. The van der Waals surface area contributed by atoms with E-state index in [1.807, 2.05) is 24.8 Å². The summed E-state index contributed by atoms with van der Waals surface area (Å²) in [6.45, 7) is 2.59. The molecule has 1 N–H and O–H groups in total. The fraction of sp³-hybridized carbons (Fsp3) is 0.636. The van der Waals surface area contributed by atoms with Gasteiger partial charge in [-0.2, -0.15) is 11.8 Å². The van der Waals surface area contributed by atoms with Gasteiger partial charge in [0.2, 0.25) is 5.88 Å². The fourth-order valence-corrected chi connectivity index (χ4v) is 2.80. The molecule has 0 unspecified atom stereocenters. The molecule has 1 aromatic heterocycles. The highest BCUT2D eigenvalue weighted by atomic mass is 32.2. The van der Waals surface area contributed by atoms with Crippen LogP contribution in [0.3, 0.4) is 0 Å². The maximum Gasteiger partial charge on any atom is 0.218 e. The molecule has 0 saturated carbocycles. The van der Waals surface area contributed by atoms with Crippen LogP contribution in [-0.4, -0.2) is 34.1 Å². The van der Waals surface area contributed by atoms with Gasteiger partial charge < -0.3 is 10.1 Å². The number of ether oxygens (including phenoxy) is 1. The summed E-state index contributed by atoms with van der Waals surface area (Å²) in [4.78, 5) is 8.25. The number of hydrogen-bond donors (Lipinski definition) is 1. The van der Waals surface area contributed by atoms with Gasteiger partial charge in [0.05, 0.1) is 6.61 Å². The van der Waals surface area contributed by atoms with Crippen LogP contribution in [0.5, 0.6) is 5.88 Å². The summed E-state index contributed by atoms with van der Waals surface area (Å²) in [7, 11) is 0. The first-order valence-corrected chi connectivity index (χ1v) is 6.83. The van der Waals surface area contributed by atoms with Crippen molar-refractivity contribution >= 4 is 17.6 Å². The molecule has 5 heteroatoms. The van der Waals surface area contributed by atoms with E-state index < -0.39 is 0 Å². The molecule has 88 valence electrons. The first-order chi connectivity index (χ1) is 7.88. The minimum absolute atomic E-state index is 0.547. The van der Waals surface area contributed by atoms with Crippen molar-refractivity contribution in [3.63, 3.8) is 0 Å². The van der Waals surface area contributed by atoms with Crippen molar-refractivity contribution in [3.05, 3.63) is 12.4 Å². The van der Waals surface area contributed by atoms with E-state index in [0.717, 1.165) is 5.82 Å². The highest BCUT2D eigenvalue weighted by Gasteiger charge is 2.13. The predicted octanol–water partition coefficient (Wildman–Crippen LogP) is 2.18. The average Bonchev–Trinajstić information content (AvgIpc) is 2.31. The lowest BCUT2D eigenvalue weighted by Gasteiger charge is -2.22. The van der Waals surface area contributed by atoms with E-state index in [2.05, 4.69) is 15.3 Å². The Bertz CT molecular complexity index is 329. The van der Waals surface area contributed by atoms with E-state index >= 15 is 0 Å². The van der Waals surface area contributed by atoms with Crippen LogP contribution in [0.4, 0.5) is 5.82 Å². The van der Waals surface area contributed by atoms with Crippen molar-refractivity contribution in [3.8, 4) is 5.88 Å². The van der Waals surface area contributed by atoms with E-state index in [9.17, 15) is 0 Å². The summed E-state index contributed by atoms with van der Waals surface area (Å²) in [6, 6.07) is 2.41. The lowest BCUT2D eigenvalue weighted by Crippen LogP contribution is -2.24. The van der Waals surface area contributed by atoms with Crippen molar-refractivity contribution in [2.45, 2.75) is 25.8 Å². The molecule has 1 fully saturated rings. The Kier molecular flexibility index (Phi) is 4.27. The highest BCUT2D eigenvalue weighted by molar-refractivity contribution is 7.99. The molecular weight excluding hydrogens is 222 g/mol. The monoisotopic (exact) mass is 239 g/mol. The van der Waals surface area contributed by atoms with Gasteiger partial charge in [-0.3, -0.25) is 0 Å². The normalized spacial score (nSPS) is 17.1. The van der Waals surface area contributed by atoms with Crippen LogP contribution < -0.4 is 10.1 Å². The van der Waals surface area contributed by atoms with E-state index in [4.69, 9.17) is 4.74 Å². The maximum atomic E-state index is 5.34. The molecular formula is C11H17N3OS. The lowest BCUT2D eigenvalue weighted by molar-refractivity contribution is 0.326. The van der Waals surface area contributed by atoms with Gasteiger partial charge in [-0.1, -0.05) is 0 Å². The molecule has 0 aliphatic carbocycles. The standard InChI is InChI=1S/C11H17N3OS/c1-2-15-11-7-10(12-8-13-11)14-9-3-5-16-6-4-9/h7-9H,2-6H2,1H3,(H,12,13,14). The summed E-state index contributed by atoms with van der Waals surface area (Å²) >= 11 is 2.02. The molecule has 2 rings (SSSR count). The lowest BCUT2D eigenvalue weighted by atomic mass is 10.1. The minimum Gasteiger partial charge on any atom is -0.478 e. The van der Waals surface area contributed by atoms with E-state index in [0.29, 0.717) is 18.5 Å². The molecule has 2 heterocycles. The second-order valence-electron chi connectivity index (χ2n) is 3.71. The summed E-state index contributed by atoms with van der Waals surface area (Å²) in [6.07, 6.45) is 3.96. The van der Waals surface area contributed by atoms with Crippen molar-refractivity contribution in [2.24, 2.45) is 0 Å². The van der Waals surface area contributed by atoms with Crippen LogP contribution in [0.1, 0.15) is 19.8 Å². The largest absolute Gasteiger partial charge is 0.478 e. The Morgan fingerprint density at radius 3 is 3.00 bits per heavy atom. The zero-order chi connectivity index (χ0) is 11.2. The zero-order valence-corrected chi connectivity index (χ0v) is 10.3. The fourth-order valence-electron chi connectivity index (χ4n) is 1.70. The molecule has 16 heavy (non-hydrogen) atoms. The topological polar surface area (TPSA) is 47.0 Å². The Morgan fingerprint density at radius 1 is 1.44 bits per heavy atom. The van der Waals surface area contributed by atoms with Crippen molar-refractivity contribution in [1.29, 1.82) is 0 Å². The van der Waals surface area contributed by atoms with Crippen molar-refractivity contribution in [1.82, 2.24) is 9.97 Å². The average molecular weight is 239 g/mol. The Labute approximate surface area is 100 Å². The molecule has 0 spiro atoms. The van der Waals surface area contributed by atoms with Gasteiger partial charge in [0.15, 0.2) is 0 Å². The van der Waals surface area contributed by atoms with Crippen LogP contribution >= 0.6 is 11.8 Å². The molecule has 0 radical (unpaired) electrons. The van der Waals surface area contributed by atoms with Gasteiger partial charge in [-0.25, -0.2) is 9.97 Å².